The van der Waals surface area contributed by atoms with Crippen LogP contribution in [0.2, 0.25) is 10.0 Å². The molecule has 2 aromatic carbocycles. The third-order valence-electron chi connectivity index (χ3n) is 3.62. The van der Waals surface area contributed by atoms with Crippen molar-refractivity contribution in [1.82, 2.24) is 5.32 Å². The summed E-state index contributed by atoms with van der Waals surface area (Å²) in [6.45, 7) is 4.07. The largest absolute Gasteiger partial charge is 0.317 e. The zero-order valence-electron chi connectivity index (χ0n) is 12.3. The quantitative estimate of drug-likeness (QED) is 0.756. The van der Waals surface area contributed by atoms with Gasteiger partial charge in [0.1, 0.15) is 0 Å². The van der Waals surface area contributed by atoms with Gasteiger partial charge in [0, 0.05) is 10.0 Å². The van der Waals surface area contributed by atoms with Crippen LogP contribution in [-0.2, 0) is 12.8 Å². The molecule has 2 rings (SSSR count). The topological polar surface area (TPSA) is 12.0 Å². The highest BCUT2D eigenvalue weighted by Gasteiger charge is 2.13. The van der Waals surface area contributed by atoms with Gasteiger partial charge in [-0.05, 0) is 55.1 Å². The van der Waals surface area contributed by atoms with Gasteiger partial charge in [0.25, 0.3) is 0 Å². The number of nitrogens with one attached hydrogen (secondary N) is 1. The average Bonchev–Trinajstić information content (AvgIpc) is 2.49. The first kappa shape index (κ1) is 16.4. The molecule has 1 nitrogen and oxygen atoms in total. The second-order valence-electron chi connectivity index (χ2n) is 5.26. The van der Waals surface area contributed by atoms with Crippen molar-refractivity contribution in [2.24, 2.45) is 5.92 Å². The maximum Gasteiger partial charge on any atom is 0.0438 e. The van der Waals surface area contributed by atoms with Crippen molar-refractivity contribution >= 4 is 23.2 Å². The van der Waals surface area contributed by atoms with Crippen LogP contribution in [0.5, 0.6) is 0 Å². The summed E-state index contributed by atoms with van der Waals surface area (Å²) in [6.07, 6.45) is 1.91. The lowest BCUT2D eigenvalue weighted by molar-refractivity contribution is 0.478. The van der Waals surface area contributed by atoms with Gasteiger partial charge in [-0.25, -0.2) is 0 Å². The minimum atomic E-state index is 0.477. The van der Waals surface area contributed by atoms with Gasteiger partial charge in [-0.15, -0.1) is 0 Å². The van der Waals surface area contributed by atoms with E-state index in [2.05, 4.69) is 24.4 Å². The van der Waals surface area contributed by atoms with Crippen molar-refractivity contribution in [1.29, 1.82) is 0 Å². The molecule has 2 aromatic rings. The van der Waals surface area contributed by atoms with Gasteiger partial charge < -0.3 is 5.32 Å². The maximum atomic E-state index is 6.29. The molecule has 0 aliphatic heterocycles. The van der Waals surface area contributed by atoms with E-state index in [9.17, 15) is 0 Å². The summed E-state index contributed by atoms with van der Waals surface area (Å²) in [4.78, 5) is 0. The second-order valence-corrected chi connectivity index (χ2v) is 6.08. The molecule has 21 heavy (non-hydrogen) atoms. The number of benzene rings is 2. The van der Waals surface area contributed by atoms with Gasteiger partial charge in [0.15, 0.2) is 0 Å². The molecule has 0 spiro atoms. The van der Waals surface area contributed by atoms with E-state index in [-0.39, 0.29) is 0 Å². The van der Waals surface area contributed by atoms with E-state index in [0.29, 0.717) is 5.92 Å². The van der Waals surface area contributed by atoms with Crippen molar-refractivity contribution in [2.75, 3.05) is 13.1 Å². The number of hydrogen-bond donors (Lipinski definition) is 1. The Kier molecular flexibility index (Phi) is 6.56. The molecule has 112 valence electrons. The van der Waals surface area contributed by atoms with Crippen LogP contribution in [-0.4, -0.2) is 13.1 Å². The van der Waals surface area contributed by atoms with Crippen LogP contribution in [0.25, 0.3) is 0 Å². The highest BCUT2D eigenvalue weighted by Crippen LogP contribution is 2.23. The monoisotopic (exact) mass is 321 g/mol. The van der Waals surface area contributed by atoms with E-state index in [1.165, 1.54) is 11.1 Å². The van der Waals surface area contributed by atoms with Gasteiger partial charge in [-0.3, -0.25) is 0 Å². The molecular formula is C18H21Cl2N. The molecule has 0 fully saturated rings. The summed E-state index contributed by atoms with van der Waals surface area (Å²) in [6, 6.07) is 16.1. The average molecular weight is 322 g/mol. The fourth-order valence-corrected chi connectivity index (χ4v) is 2.94. The smallest absolute Gasteiger partial charge is 0.0438 e. The molecule has 0 bridgehead atoms. The second kappa shape index (κ2) is 8.43. The molecule has 0 unspecified atom stereocenters. The van der Waals surface area contributed by atoms with Crippen molar-refractivity contribution in [3.05, 3.63) is 69.7 Å². The van der Waals surface area contributed by atoms with Gasteiger partial charge in [0.05, 0.1) is 0 Å². The molecule has 0 saturated carbocycles. The summed E-state index contributed by atoms with van der Waals surface area (Å²) in [5, 5.41) is 5.13. The Morgan fingerprint density at radius 3 is 1.76 bits per heavy atom. The van der Waals surface area contributed by atoms with E-state index >= 15 is 0 Å². The van der Waals surface area contributed by atoms with Crippen molar-refractivity contribution in [2.45, 2.75) is 19.8 Å². The van der Waals surface area contributed by atoms with E-state index in [1.807, 2.05) is 36.4 Å². The molecule has 0 aromatic heterocycles. The van der Waals surface area contributed by atoms with Gasteiger partial charge >= 0.3 is 0 Å². The summed E-state index contributed by atoms with van der Waals surface area (Å²) in [7, 11) is 0. The molecule has 3 heteroatoms. The fourth-order valence-electron chi connectivity index (χ4n) is 2.51. The van der Waals surface area contributed by atoms with Crippen LogP contribution in [0, 0.1) is 5.92 Å². The Labute approximate surface area is 137 Å². The van der Waals surface area contributed by atoms with Crippen LogP contribution in [0.1, 0.15) is 18.1 Å². The maximum absolute atomic E-state index is 6.29. The molecule has 0 heterocycles. The summed E-state index contributed by atoms with van der Waals surface area (Å²) < 4.78 is 0. The molecule has 0 saturated heterocycles. The Balaban J connectivity index is 2.11. The Hall–Kier alpha value is -1.02. The summed E-state index contributed by atoms with van der Waals surface area (Å²) >= 11 is 12.6. The Morgan fingerprint density at radius 1 is 0.857 bits per heavy atom. The lowest BCUT2D eigenvalue weighted by Gasteiger charge is -2.19. The first-order valence-electron chi connectivity index (χ1n) is 7.38. The third kappa shape index (κ3) is 5.03. The zero-order chi connectivity index (χ0) is 15.1. The minimum Gasteiger partial charge on any atom is -0.317 e. The van der Waals surface area contributed by atoms with Crippen molar-refractivity contribution < 1.29 is 0 Å². The molecule has 0 aliphatic carbocycles. The Bertz CT molecular complexity index is 521. The van der Waals surface area contributed by atoms with E-state index in [1.54, 1.807) is 0 Å². The van der Waals surface area contributed by atoms with Crippen molar-refractivity contribution in [3.63, 3.8) is 0 Å². The van der Waals surface area contributed by atoms with Crippen LogP contribution in [0.15, 0.2) is 48.5 Å². The van der Waals surface area contributed by atoms with Crippen LogP contribution in [0.4, 0.5) is 0 Å². The first-order chi connectivity index (χ1) is 10.2. The molecule has 0 radical (unpaired) electrons. The minimum absolute atomic E-state index is 0.477. The SMILES string of the molecule is CCNCC(Cc1ccccc1Cl)Cc1ccccc1Cl. The standard InChI is InChI=1S/C18H21Cl2N/c1-2-21-13-14(11-15-7-3-5-9-17(15)19)12-16-8-4-6-10-18(16)20/h3-10,14,21H,2,11-13H2,1H3. The van der Waals surface area contributed by atoms with Crippen LogP contribution >= 0.6 is 23.2 Å². The highest BCUT2D eigenvalue weighted by atomic mass is 35.5. The van der Waals surface area contributed by atoms with Gasteiger partial charge in [-0.2, -0.15) is 0 Å². The number of hydrogen-bond acceptors (Lipinski definition) is 1. The van der Waals surface area contributed by atoms with Crippen LogP contribution < -0.4 is 5.32 Å². The Morgan fingerprint density at radius 2 is 1.33 bits per heavy atom. The molecule has 0 atom stereocenters. The molecule has 0 amide bonds. The van der Waals surface area contributed by atoms with E-state index < -0.39 is 0 Å². The highest BCUT2D eigenvalue weighted by molar-refractivity contribution is 6.31. The van der Waals surface area contributed by atoms with E-state index in [4.69, 9.17) is 23.2 Å². The predicted molar refractivity (Wildman–Crippen MR) is 92.3 cm³/mol. The lowest BCUT2D eigenvalue weighted by atomic mass is 9.92. The normalized spacial score (nSPS) is 11.0. The third-order valence-corrected chi connectivity index (χ3v) is 4.35. The predicted octanol–water partition coefficient (Wildman–Crippen LogP) is 5.00. The zero-order valence-corrected chi connectivity index (χ0v) is 13.8. The van der Waals surface area contributed by atoms with Gasteiger partial charge in [0.2, 0.25) is 0 Å². The van der Waals surface area contributed by atoms with Crippen molar-refractivity contribution in [3.8, 4) is 0 Å². The number of rotatable bonds is 7. The molecule has 0 aliphatic rings. The summed E-state index contributed by atoms with van der Waals surface area (Å²) in [5.41, 5.74) is 2.41. The number of halogens is 2. The summed E-state index contributed by atoms with van der Waals surface area (Å²) in [5.74, 6) is 0.477. The van der Waals surface area contributed by atoms with Crippen LogP contribution in [0.3, 0.4) is 0 Å². The molecule has 1 N–H and O–H groups in total. The lowest BCUT2D eigenvalue weighted by Crippen LogP contribution is -2.25. The molecular weight excluding hydrogens is 301 g/mol. The van der Waals surface area contributed by atoms with Gasteiger partial charge in [-0.1, -0.05) is 66.5 Å². The first-order valence-corrected chi connectivity index (χ1v) is 8.13. The fraction of sp³-hybridized carbons (Fsp3) is 0.333. The van der Waals surface area contributed by atoms with E-state index in [0.717, 1.165) is 36.0 Å².